The summed E-state index contributed by atoms with van der Waals surface area (Å²) in [7, 11) is 3.78. The van der Waals surface area contributed by atoms with Gasteiger partial charge in [0.15, 0.2) is 5.82 Å². The molecule has 1 aliphatic heterocycles. The van der Waals surface area contributed by atoms with Crippen molar-refractivity contribution >= 4 is 11.6 Å². The molecule has 1 aromatic rings. The predicted molar refractivity (Wildman–Crippen MR) is 75.8 cm³/mol. The largest absolute Gasteiger partial charge is 0.384 e. The summed E-state index contributed by atoms with van der Waals surface area (Å²) in [5.74, 6) is 2.47. The molecule has 3 N–H and O–H groups in total. The molecule has 2 heterocycles. The number of hydrogen-bond donors (Lipinski definition) is 2. The van der Waals surface area contributed by atoms with Gasteiger partial charge in [-0.05, 0) is 25.9 Å². The normalized spacial score (nSPS) is 24.4. The number of anilines is 2. The van der Waals surface area contributed by atoms with Crippen LogP contribution in [0, 0.1) is 5.92 Å². The molecule has 1 aliphatic rings. The molecule has 0 amide bonds. The molecule has 1 saturated heterocycles. The molecule has 6 heteroatoms. The summed E-state index contributed by atoms with van der Waals surface area (Å²) >= 11 is 0. The van der Waals surface area contributed by atoms with Crippen molar-refractivity contribution in [1.29, 1.82) is 0 Å². The third kappa shape index (κ3) is 3.78. The quantitative estimate of drug-likeness (QED) is 0.844. The minimum Gasteiger partial charge on any atom is -0.384 e. The van der Waals surface area contributed by atoms with Gasteiger partial charge in [-0.3, -0.25) is 0 Å². The third-order valence-electron chi connectivity index (χ3n) is 3.51. The Morgan fingerprint density at radius 1 is 1.53 bits per heavy atom. The molecule has 6 nitrogen and oxygen atoms in total. The minimum atomic E-state index is 0.378. The average molecular weight is 265 g/mol. The van der Waals surface area contributed by atoms with E-state index in [2.05, 4.69) is 34.2 Å². The van der Waals surface area contributed by atoms with Crippen LogP contribution in [-0.2, 0) is 11.3 Å². The van der Waals surface area contributed by atoms with Gasteiger partial charge in [0, 0.05) is 25.8 Å². The predicted octanol–water partition coefficient (Wildman–Crippen LogP) is 0.957. The van der Waals surface area contributed by atoms with E-state index in [1.807, 2.05) is 0 Å². The highest BCUT2D eigenvalue weighted by atomic mass is 16.5. The standard InChI is InChI=1S/C13H23N5O/c1-9-7-18(2)5-4-10(9)15-12-6-11(14)16-13(17-12)8-19-3/h6,9-10H,4-5,7-8H2,1-3H3,(H3,14,15,16,17). The van der Waals surface area contributed by atoms with Crippen LogP contribution < -0.4 is 11.1 Å². The molecule has 1 fully saturated rings. The van der Waals surface area contributed by atoms with Crippen molar-refractivity contribution in [2.45, 2.75) is 26.0 Å². The van der Waals surface area contributed by atoms with Crippen molar-refractivity contribution in [2.75, 3.05) is 38.3 Å². The van der Waals surface area contributed by atoms with Gasteiger partial charge < -0.3 is 20.7 Å². The fraction of sp³-hybridized carbons (Fsp3) is 0.692. The lowest BCUT2D eigenvalue weighted by molar-refractivity contribution is 0.178. The van der Waals surface area contributed by atoms with Crippen molar-refractivity contribution < 1.29 is 4.74 Å². The van der Waals surface area contributed by atoms with E-state index in [-0.39, 0.29) is 0 Å². The second-order valence-electron chi connectivity index (χ2n) is 5.31. The molecule has 2 unspecified atom stereocenters. The lowest BCUT2D eigenvalue weighted by atomic mass is 9.94. The van der Waals surface area contributed by atoms with E-state index in [1.165, 1.54) is 0 Å². The molecule has 0 spiro atoms. The van der Waals surface area contributed by atoms with Gasteiger partial charge in [-0.2, -0.15) is 0 Å². The maximum absolute atomic E-state index is 5.80. The van der Waals surface area contributed by atoms with Gasteiger partial charge in [-0.25, -0.2) is 9.97 Å². The van der Waals surface area contributed by atoms with Gasteiger partial charge in [0.1, 0.15) is 18.2 Å². The number of nitrogens with one attached hydrogen (secondary N) is 1. The van der Waals surface area contributed by atoms with Crippen LogP contribution in [0.1, 0.15) is 19.2 Å². The van der Waals surface area contributed by atoms with E-state index >= 15 is 0 Å². The first-order valence-electron chi connectivity index (χ1n) is 6.66. The fourth-order valence-corrected chi connectivity index (χ4v) is 2.54. The van der Waals surface area contributed by atoms with Crippen LogP contribution in [-0.4, -0.2) is 48.2 Å². The average Bonchev–Trinajstić information content (AvgIpc) is 2.32. The molecule has 1 aromatic heterocycles. The number of likely N-dealkylation sites (tertiary alicyclic amines) is 1. The van der Waals surface area contributed by atoms with Crippen LogP contribution in [0.4, 0.5) is 11.6 Å². The van der Waals surface area contributed by atoms with Crippen molar-refractivity contribution in [1.82, 2.24) is 14.9 Å². The Morgan fingerprint density at radius 2 is 2.32 bits per heavy atom. The first kappa shape index (κ1) is 14.0. The van der Waals surface area contributed by atoms with Crippen LogP contribution in [0.2, 0.25) is 0 Å². The molecule has 2 rings (SSSR count). The molecule has 0 radical (unpaired) electrons. The van der Waals surface area contributed by atoms with Crippen LogP contribution in [0.15, 0.2) is 6.07 Å². The van der Waals surface area contributed by atoms with Crippen molar-refractivity contribution in [3.63, 3.8) is 0 Å². The number of nitrogens with zero attached hydrogens (tertiary/aromatic N) is 3. The summed E-state index contributed by atoms with van der Waals surface area (Å²) in [6, 6.07) is 2.21. The Bertz CT molecular complexity index is 425. The van der Waals surface area contributed by atoms with Gasteiger partial charge in [-0.1, -0.05) is 6.92 Å². The highest BCUT2D eigenvalue weighted by molar-refractivity contribution is 5.45. The molecular weight excluding hydrogens is 242 g/mol. The summed E-state index contributed by atoms with van der Waals surface area (Å²) in [6.45, 7) is 4.84. The summed E-state index contributed by atoms with van der Waals surface area (Å²) in [5, 5.41) is 3.48. The molecule has 0 saturated carbocycles. The number of ether oxygens (including phenoxy) is 1. The van der Waals surface area contributed by atoms with E-state index in [1.54, 1.807) is 13.2 Å². The molecule has 0 aliphatic carbocycles. The minimum absolute atomic E-state index is 0.378. The number of methoxy groups -OCH3 is 1. The van der Waals surface area contributed by atoms with Gasteiger partial charge in [0.2, 0.25) is 0 Å². The number of nitrogen functional groups attached to an aromatic ring is 1. The Kier molecular flexibility index (Phi) is 4.55. The number of hydrogen-bond acceptors (Lipinski definition) is 6. The Hall–Kier alpha value is -1.40. The zero-order chi connectivity index (χ0) is 13.8. The third-order valence-corrected chi connectivity index (χ3v) is 3.51. The van der Waals surface area contributed by atoms with Gasteiger partial charge in [0.25, 0.3) is 0 Å². The first-order valence-corrected chi connectivity index (χ1v) is 6.66. The summed E-state index contributed by atoms with van der Waals surface area (Å²) in [5.41, 5.74) is 5.80. The lowest BCUT2D eigenvalue weighted by Crippen LogP contribution is -2.43. The Labute approximate surface area is 114 Å². The van der Waals surface area contributed by atoms with Crippen LogP contribution in [0.25, 0.3) is 0 Å². The van der Waals surface area contributed by atoms with Gasteiger partial charge in [0.05, 0.1) is 0 Å². The van der Waals surface area contributed by atoms with Crippen molar-refractivity contribution in [3.8, 4) is 0 Å². The monoisotopic (exact) mass is 265 g/mol. The van der Waals surface area contributed by atoms with E-state index < -0.39 is 0 Å². The molecule has 0 bridgehead atoms. The zero-order valence-electron chi connectivity index (χ0n) is 11.9. The Balaban J connectivity index is 2.05. The molecule has 106 valence electrons. The van der Waals surface area contributed by atoms with Crippen LogP contribution >= 0.6 is 0 Å². The fourth-order valence-electron chi connectivity index (χ4n) is 2.54. The number of aromatic nitrogens is 2. The topological polar surface area (TPSA) is 76.3 Å². The summed E-state index contributed by atoms with van der Waals surface area (Å²) in [6.07, 6.45) is 1.11. The maximum Gasteiger partial charge on any atom is 0.158 e. The second kappa shape index (κ2) is 6.16. The van der Waals surface area contributed by atoms with E-state index in [0.29, 0.717) is 30.2 Å². The van der Waals surface area contributed by atoms with Gasteiger partial charge in [-0.15, -0.1) is 0 Å². The molecule has 19 heavy (non-hydrogen) atoms. The second-order valence-corrected chi connectivity index (χ2v) is 5.31. The van der Waals surface area contributed by atoms with E-state index in [0.717, 1.165) is 25.3 Å². The molecular formula is C13H23N5O. The lowest BCUT2D eigenvalue weighted by Gasteiger charge is -2.35. The summed E-state index contributed by atoms with van der Waals surface area (Å²) in [4.78, 5) is 10.9. The highest BCUT2D eigenvalue weighted by Gasteiger charge is 2.24. The molecule has 0 aromatic carbocycles. The number of piperidine rings is 1. The number of rotatable bonds is 4. The van der Waals surface area contributed by atoms with E-state index in [4.69, 9.17) is 10.5 Å². The van der Waals surface area contributed by atoms with Gasteiger partial charge >= 0.3 is 0 Å². The van der Waals surface area contributed by atoms with Crippen LogP contribution in [0.5, 0.6) is 0 Å². The summed E-state index contributed by atoms with van der Waals surface area (Å²) < 4.78 is 5.05. The zero-order valence-corrected chi connectivity index (χ0v) is 11.9. The molecule has 2 atom stereocenters. The Morgan fingerprint density at radius 3 is 3.00 bits per heavy atom. The van der Waals surface area contributed by atoms with Crippen LogP contribution in [0.3, 0.4) is 0 Å². The van der Waals surface area contributed by atoms with Crippen molar-refractivity contribution in [2.24, 2.45) is 5.92 Å². The maximum atomic E-state index is 5.80. The number of nitrogens with two attached hydrogens (primary N) is 1. The smallest absolute Gasteiger partial charge is 0.158 e. The first-order chi connectivity index (χ1) is 9.08. The SMILES string of the molecule is COCc1nc(N)cc(NC2CCN(C)CC2C)n1. The van der Waals surface area contributed by atoms with E-state index in [9.17, 15) is 0 Å². The highest BCUT2D eigenvalue weighted by Crippen LogP contribution is 2.20. The van der Waals surface area contributed by atoms with Crippen molar-refractivity contribution in [3.05, 3.63) is 11.9 Å².